The predicted molar refractivity (Wildman–Crippen MR) is 327 cm³/mol. The molecule has 0 aliphatic carbocycles. The van der Waals surface area contributed by atoms with E-state index < -0.39 is 20.0 Å². The fourth-order valence-corrected chi connectivity index (χ4v) is 10.0. The molecule has 2 aliphatic rings. The van der Waals surface area contributed by atoms with Crippen LogP contribution in [0.4, 0.5) is 46.0 Å². The van der Waals surface area contributed by atoms with Crippen molar-refractivity contribution in [3.05, 3.63) is 130 Å². The summed E-state index contributed by atoms with van der Waals surface area (Å²) >= 11 is 0. The van der Waals surface area contributed by atoms with E-state index in [1.54, 1.807) is 64.7 Å². The number of carbonyl (C=O) groups is 2. The molecule has 0 fully saturated rings. The first-order chi connectivity index (χ1) is 38.2. The zero-order valence-corrected chi connectivity index (χ0v) is 51.4. The van der Waals surface area contributed by atoms with Crippen molar-refractivity contribution in [3.63, 3.8) is 0 Å². The minimum Gasteiger partial charge on any atom is -0.492 e. The molecule has 2 aromatic heterocycles. The van der Waals surface area contributed by atoms with Gasteiger partial charge in [0.05, 0.1) is 96.5 Å². The van der Waals surface area contributed by atoms with Crippen molar-refractivity contribution in [1.82, 2.24) is 41.0 Å². The maximum Gasteiger partial charge on any atom is 0.255 e. The van der Waals surface area contributed by atoms with E-state index in [-0.39, 0.29) is 45.5 Å². The second-order valence-electron chi connectivity index (χ2n) is 22.5. The number of amides is 2. The molecule has 4 heterocycles. The van der Waals surface area contributed by atoms with Crippen molar-refractivity contribution in [2.75, 3.05) is 94.8 Å². The number of nitrogens with one attached hydrogen (secondary N) is 8. The van der Waals surface area contributed by atoms with Gasteiger partial charge in [-0.05, 0) is 95.5 Å². The van der Waals surface area contributed by atoms with E-state index in [9.17, 15) is 26.4 Å². The Balaban J connectivity index is 0.000000236. The summed E-state index contributed by atoms with van der Waals surface area (Å²) < 4.78 is 68.3. The van der Waals surface area contributed by atoms with Gasteiger partial charge in [0.15, 0.2) is 11.5 Å². The fourth-order valence-electron chi connectivity index (χ4n) is 8.93. The topological polar surface area (TPSA) is 266 Å². The Labute approximate surface area is 480 Å². The highest BCUT2D eigenvalue weighted by Crippen LogP contribution is 2.41. The van der Waals surface area contributed by atoms with Crippen molar-refractivity contribution in [1.29, 1.82) is 0 Å². The Bertz CT molecular complexity index is 3720. The van der Waals surface area contributed by atoms with Crippen LogP contribution in [0.15, 0.2) is 85.5 Å². The van der Waals surface area contributed by atoms with E-state index >= 15 is 0 Å². The molecule has 0 saturated heterocycles. The highest BCUT2D eigenvalue weighted by Gasteiger charge is 2.27. The van der Waals surface area contributed by atoms with Crippen LogP contribution in [0.5, 0.6) is 11.5 Å². The minimum absolute atomic E-state index is 0.217. The first-order valence-corrected chi connectivity index (χ1v) is 29.6. The average molecular weight is 1170 g/mol. The Morgan fingerprint density at radius 3 is 1.40 bits per heavy atom. The molecular weight excluding hydrogens is 1090 g/mol. The van der Waals surface area contributed by atoms with Crippen molar-refractivity contribution < 1.29 is 35.9 Å². The molecule has 440 valence electrons. The van der Waals surface area contributed by atoms with Gasteiger partial charge in [0, 0.05) is 59.6 Å². The second kappa shape index (κ2) is 23.6. The SMILES string of the molecule is COc1c(NC(=O)c2ccc(C)c(N3C=C(c4cn(C)c(N(C)C)n4)NN3)c2)cc(C(C)(C)C)cc1NS(C)(=O)=O.COc1c(NC(=O)c2ccc(C)c(N3C=C(c4cnc(N(C)C)n4C)NN3)c2)cc(C(C)(C)C)cc1NS(C)(=O)=O. The Kier molecular flexibility index (Phi) is 17.6. The first-order valence-electron chi connectivity index (χ1n) is 25.9. The van der Waals surface area contributed by atoms with Crippen LogP contribution in [0.25, 0.3) is 11.4 Å². The average Bonchev–Trinajstić information content (AvgIpc) is 4.28. The molecule has 82 heavy (non-hydrogen) atoms. The van der Waals surface area contributed by atoms with E-state index in [0.29, 0.717) is 22.5 Å². The van der Waals surface area contributed by atoms with Crippen LogP contribution >= 0.6 is 0 Å². The lowest BCUT2D eigenvalue weighted by Gasteiger charge is -2.24. The third kappa shape index (κ3) is 14.2. The minimum atomic E-state index is -3.59. The summed E-state index contributed by atoms with van der Waals surface area (Å²) in [6.07, 6.45) is 9.64. The van der Waals surface area contributed by atoms with Crippen LogP contribution in [0, 0.1) is 13.8 Å². The summed E-state index contributed by atoms with van der Waals surface area (Å²) in [5.74, 6) is 1.32. The summed E-state index contributed by atoms with van der Waals surface area (Å²) in [6, 6.07) is 17.8. The van der Waals surface area contributed by atoms with Gasteiger partial charge in [-0.25, -0.2) is 26.8 Å². The predicted octanol–water partition coefficient (Wildman–Crippen LogP) is 7.10. The number of aromatic nitrogens is 4. The lowest BCUT2D eigenvalue weighted by atomic mass is 9.86. The van der Waals surface area contributed by atoms with E-state index in [1.807, 2.05) is 147 Å². The van der Waals surface area contributed by atoms with Gasteiger partial charge in [-0.15, -0.1) is 11.1 Å². The summed E-state index contributed by atoms with van der Waals surface area (Å²) in [6.45, 7) is 15.9. The number of aryl methyl sites for hydroxylation is 3. The van der Waals surface area contributed by atoms with Crippen molar-refractivity contribution in [3.8, 4) is 11.5 Å². The van der Waals surface area contributed by atoms with E-state index in [0.717, 1.165) is 80.8 Å². The summed E-state index contributed by atoms with van der Waals surface area (Å²) in [4.78, 5) is 40.1. The van der Waals surface area contributed by atoms with Gasteiger partial charge < -0.3 is 39.0 Å². The number of carbonyl (C=O) groups excluding carboxylic acids is 2. The van der Waals surface area contributed by atoms with E-state index in [4.69, 9.17) is 9.47 Å². The Morgan fingerprint density at radius 2 is 1.02 bits per heavy atom. The molecule has 26 heteroatoms. The Morgan fingerprint density at radius 1 is 0.610 bits per heavy atom. The monoisotopic (exact) mass is 1160 g/mol. The zero-order chi connectivity index (χ0) is 60.6. The van der Waals surface area contributed by atoms with Gasteiger partial charge in [0.1, 0.15) is 5.69 Å². The number of rotatable bonds is 16. The molecule has 0 spiro atoms. The van der Waals surface area contributed by atoms with Gasteiger partial charge in [-0.1, -0.05) is 53.7 Å². The van der Waals surface area contributed by atoms with Gasteiger partial charge >= 0.3 is 0 Å². The van der Waals surface area contributed by atoms with Gasteiger partial charge in [-0.2, -0.15) is 0 Å². The van der Waals surface area contributed by atoms with Crippen LogP contribution < -0.4 is 71.3 Å². The number of hydrogen-bond donors (Lipinski definition) is 8. The highest BCUT2D eigenvalue weighted by molar-refractivity contribution is 7.92. The number of hydrazine groups is 4. The number of benzene rings is 4. The number of methoxy groups -OCH3 is 2. The van der Waals surface area contributed by atoms with Gasteiger partial charge in [0.2, 0.25) is 31.9 Å². The number of sulfonamides is 2. The molecule has 4 aromatic carbocycles. The smallest absolute Gasteiger partial charge is 0.255 e. The van der Waals surface area contributed by atoms with Crippen LogP contribution in [0.3, 0.4) is 0 Å². The number of anilines is 8. The summed E-state index contributed by atoms with van der Waals surface area (Å²) in [7, 11) is 7.29. The normalized spacial score (nSPS) is 13.5. The lowest BCUT2D eigenvalue weighted by Crippen LogP contribution is -2.36. The highest BCUT2D eigenvalue weighted by atomic mass is 32.2. The lowest BCUT2D eigenvalue weighted by molar-refractivity contribution is 0.101. The molecule has 0 radical (unpaired) electrons. The largest absolute Gasteiger partial charge is 0.492 e. The summed E-state index contributed by atoms with van der Waals surface area (Å²) in [5.41, 5.74) is 22.3. The molecule has 2 aliphatic heterocycles. The molecule has 0 saturated carbocycles. The summed E-state index contributed by atoms with van der Waals surface area (Å²) in [5, 5.41) is 9.44. The van der Waals surface area contributed by atoms with E-state index in [1.165, 1.54) is 14.2 Å². The molecule has 6 aromatic rings. The fraction of sp³-hybridized carbons (Fsp3) is 0.357. The van der Waals surface area contributed by atoms with Crippen molar-refractivity contribution >= 4 is 89.3 Å². The van der Waals surface area contributed by atoms with Gasteiger partial charge in [0.25, 0.3) is 11.8 Å². The third-order valence-electron chi connectivity index (χ3n) is 13.2. The number of imidazole rings is 2. The standard InChI is InChI=1S/2C28H38N8O4S/c1-17-10-11-18(12-23(17)36-16-22(31-33-36)24-15-29-27(34(5)6)35(24)7)26(37)30-20-13-19(28(2,3)4)14-21(25(20)40-8)32-41(9,38)39;1-17-10-11-18(12-24(17)36-16-23(31-33-36)22-15-35(7)27(30-22)34(5)6)26(37)29-20-13-19(28(2,3)4)14-21(25(20)40-8)32-41(9,38)39/h10-16,31-33H,1-9H3,(H,30,37);10-16,31-33H,1-9H3,(H,29,37). The van der Waals surface area contributed by atoms with Crippen LogP contribution in [-0.2, 0) is 45.0 Å². The third-order valence-corrected chi connectivity index (χ3v) is 14.4. The molecule has 2 amide bonds. The molecular formula is C56H76N16O8S2. The number of nitrogens with zero attached hydrogens (tertiary/aromatic N) is 8. The maximum atomic E-state index is 13.5. The zero-order valence-electron chi connectivity index (χ0n) is 49.7. The number of ether oxygens (including phenoxy) is 2. The first kappa shape index (κ1) is 61.2. The van der Waals surface area contributed by atoms with Crippen LogP contribution in [-0.4, -0.2) is 103 Å². The van der Waals surface area contributed by atoms with E-state index in [2.05, 4.69) is 52.0 Å². The van der Waals surface area contributed by atoms with Crippen LogP contribution in [0.1, 0.15) is 95.9 Å². The number of hydrogen-bond acceptors (Lipinski definition) is 18. The van der Waals surface area contributed by atoms with Crippen molar-refractivity contribution in [2.24, 2.45) is 14.1 Å². The molecule has 8 N–H and O–H groups in total. The van der Waals surface area contributed by atoms with Crippen molar-refractivity contribution in [2.45, 2.75) is 66.2 Å². The molecule has 8 rings (SSSR count). The molecule has 0 unspecified atom stereocenters. The van der Waals surface area contributed by atoms with Gasteiger partial charge in [-0.3, -0.25) is 39.9 Å². The quantitative estimate of drug-likeness (QED) is 0.0480. The molecule has 24 nitrogen and oxygen atoms in total. The van der Waals surface area contributed by atoms with Crippen LogP contribution in [0.2, 0.25) is 0 Å². The maximum absolute atomic E-state index is 13.5. The Hall–Kier alpha value is -8.46. The second-order valence-corrected chi connectivity index (χ2v) is 26.0. The molecule has 0 bridgehead atoms. The molecule has 0 atom stereocenters.